The fourth-order valence-electron chi connectivity index (χ4n) is 0.762. The van der Waals surface area contributed by atoms with E-state index in [1.807, 2.05) is 0 Å². The first-order valence-electron chi connectivity index (χ1n) is 3.18. The molecule has 0 fully saturated rings. The SMILES string of the molecule is COC(=O)c1sc(Cl)cc1S(=O)(=O)Cl. The van der Waals surface area contributed by atoms with Crippen LogP contribution in [0.4, 0.5) is 0 Å². The summed E-state index contributed by atoms with van der Waals surface area (Å²) in [5.41, 5.74) is 0. The van der Waals surface area contributed by atoms with E-state index in [0.29, 0.717) is 0 Å². The summed E-state index contributed by atoms with van der Waals surface area (Å²) < 4.78 is 26.5. The van der Waals surface area contributed by atoms with Crippen LogP contribution >= 0.6 is 33.6 Å². The Hall–Kier alpha value is -0.300. The fraction of sp³-hybridized carbons (Fsp3) is 0.167. The summed E-state index contributed by atoms with van der Waals surface area (Å²) in [5.74, 6) is -0.777. The molecule has 0 aliphatic heterocycles. The quantitative estimate of drug-likeness (QED) is 0.612. The summed E-state index contributed by atoms with van der Waals surface area (Å²) in [6.45, 7) is 0. The number of halogens is 2. The molecule has 1 aromatic rings. The lowest BCUT2D eigenvalue weighted by molar-refractivity contribution is 0.0602. The topological polar surface area (TPSA) is 60.4 Å². The average molecular weight is 275 g/mol. The molecule has 8 heteroatoms. The molecule has 0 N–H and O–H groups in total. The highest BCUT2D eigenvalue weighted by Gasteiger charge is 2.24. The van der Waals surface area contributed by atoms with Gasteiger partial charge < -0.3 is 4.74 Å². The zero-order valence-electron chi connectivity index (χ0n) is 6.78. The number of methoxy groups -OCH3 is 1. The lowest BCUT2D eigenvalue weighted by Gasteiger charge is -1.96. The number of hydrogen-bond acceptors (Lipinski definition) is 5. The van der Waals surface area contributed by atoms with E-state index in [4.69, 9.17) is 22.3 Å². The Morgan fingerprint density at radius 3 is 2.57 bits per heavy atom. The molecule has 14 heavy (non-hydrogen) atoms. The third-order valence-electron chi connectivity index (χ3n) is 1.30. The molecule has 0 aromatic carbocycles. The van der Waals surface area contributed by atoms with Crippen molar-refractivity contribution in [1.29, 1.82) is 0 Å². The number of carbonyl (C=O) groups excluding carboxylic acids is 1. The zero-order chi connectivity index (χ0) is 10.9. The van der Waals surface area contributed by atoms with Gasteiger partial charge in [0.05, 0.1) is 11.4 Å². The van der Waals surface area contributed by atoms with E-state index in [1.165, 1.54) is 0 Å². The molecule has 0 aliphatic carbocycles. The van der Waals surface area contributed by atoms with Crippen LogP contribution in [0.2, 0.25) is 4.34 Å². The molecule has 1 heterocycles. The first kappa shape index (κ1) is 11.8. The lowest BCUT2D eigenvalue weighted by Crippen LogP contribution is -2.03. The summed E-state index contributed by atoms with van der Waals surface area (Å²) >= 11 is 6.36. The molecule has 0 bridgehead atoms. The zero-order valence-corrected chi connectivity index (χ0v) is 9.93. The molecular weight excluding hydrogens is 271 g/mol. The third-order valence-corrected chi connectivity index (χ3v) is 4.02. The second-order valence-corrected chi connectivity index (χ2v) is 6.39. The minimum atomic E-state index is -3.97. The van der Waals surface area contributed by atoms with Gasteiger partial charge in [-0.05, 0) is 6.07 Å². The maximum absolute atomic E-state index is 11.1. The first-order valence-corrected chi connectivity index (χ1v) is 6.69. The van der Waals surface area contributed by atoms with E-state index in [-0.39, 0.29) is 14.1 Å². The molecule has 0 atom stereocenters. The van der Waals surface area contributed by atoms with Gasteiger partial charge in [-0.1, -0.05) is 11.6 Å². The van der Waals surface area contributed by atoms with Crippen molar-refractivity contribution in [2.24, 2.45) is 0 Å². The second kappa shape index (κ2) is 4.06. The van der Waals surface area contributed by atoms with E-state index < -0.39 is 15.0 Å². The van der Waals surface area contributed by atoms with Crippen molar-refractivity contribution in [3.05, 3.63) is 15.3 Å². The molecule has 1 aromatic heterocycles. The van der Waals surface area contributed by atoms with Crippen LogP contribution in [0, 0.1) is 0 Å². The summed E-state index contributed by atoms with van der Waals surface area (Å²) in [6, 6.07) is 1.11. The maximum atomic E-state index is 11.1. The second-order valence-electron chi connectivity index (χ2n) is 2.17. The van der Waals surface area contributed by atoms with Crippen LogP contribution in [0.15, 0.2) is 11.0 Å². The van der Waals surface area contributed by atoms with Crippen LogP contribution in [-0.4, -0.2) is 21.5 Å². The summed E-state index contributed by atoms with van der Waals surface area (Å²) in [4.78, 5) is 10.7. The van der Waals surface area contributed by atoms with E-state index in [1.54, 1.807) is 0 Å². The minimum absolute atomic E-state index is 0.118. The maximum Gasteiger partial charge on any atom is 0.349 e. The number of esters is 1. The Balaban J connectivity index is 3.38. The van der Waals surface area contributed by atoms with E-state index in [2.05, 4.69) is 4.74 Å². The van der Waals surface area contributed by atoms with Crippen molar-refractivity contribution in [2.75, 3.05) is 7.11 Å². The molecule has 0 aliphatic rings. The largest absolute Gasteiger partial charge is 0.465 e. The molecule has 0 saturated heterocycles. The Morgan fingerprint density at radius 1 is 1.57 bits per heavy atom. The number of ether oxygens (including phenoxy) is 1. The van der Waals surface area contributed by atoms with Gasteiger partial charge in [0, 0.05) is 10.7 Å². The highest BCUT2D eigenvalue weighted by Crippen LogP contribution is 2.32. The van der Waals surface area contributed by atoms with Gasteiger partial charge in [-0.3, -0.25) is 0 Å². The van der Waals surface area contributed by atoms with Gasteiger partial charge in [0.2, 0.25) is 0 Å². The van der Waals surface area contributed by atoms with Crippen molar-refractivity contribution >= 4 is 48.6 Å². The van der Waals surface area contributed by atoms with E-state index in [9.17, 15) is 13.2 Å². The van der Waals surface area contributed by atoms with Gasteiger partial charge in [0.15, 0.2) is 0 Å². The first-order chi connectivity index (χ1) is 6.36. The summed E-state index contributed by atoms with van der Waals surface area (Å²) in [6.07, 6.45) is 0. The van der Waals surface area contributed by atoms with Gasteiger partial charge in [-0.15, -0.1) is 11.3 Å². The van der Waals surface area contributed by atoms with Crippen LogP contribution in [0.25, 0.3) is 0 Å². The molecule has 1 rings (SSSR count). The van der Waals surface area contributed by atoms with Crippen LogP contribution in [-0.2, 0) is 13.8 Å². The molecule has 4 nitrogen and oxygen atoms in total. The average Bonchev–Trinajstić information content (AvgIpc) is 2.45. The monoisotopic (exact) mass is 274 g/mol. The molecule has 0 radical (unpaired) electrons. The van der Waals surface area contributed by atoms with Crippen LogP contribution in [0.1, 0.15) is 9.67 Å². The molecule has 78 valence electrons. The highest BCUT2D eigenvalue weighted by molar-refractivity contribution is 8.13. The van der Waals surface area contributed by atoms with Crippen molar-refractivity contribution in [3.63, 3.8) is 0 Å². The Bertz CT molecular complexity index is 462. The molecular formula is C6H4Cl2O4S2. The number of hydrogen-bond donors (Lipinski definition) is 0. The predicted molar refractivity (Wildman–Crippen MR) is 53.7 cm³/mol. The predicted octanol–water partition coefficient (Wildman–Crippen LogP) is 2.12. The van der Waals surface area contributed by atoms with Gasteiger partial charge in [0.25, 0.3) is 9.05 Å². The van der Waals surface area contributed by atoms with Crippen molar-refractivity contribution in [2.45, 2.75) is 4.90 Å². The standard InChI is InChI=1S/C6H4Cl2O4S2/c1-12-6(9)5-3(14(8,10)11)2-4(7)13-5/h2H,1H3. The van der Waals surface area contributed by atoms with Crippen molar-refractivity contribution in [1.82, 2.24) is 0 Å². The van der Waals surface area contributed by atoms with Crippen LogP contribution < -0.4 is 0 Å². The minimum Gasteiger partial charge on any atom is -0.465 e. The van der Waals surface area contributed by atoms with Gasteiger partial charge in [-0.2, -0.15) is 0 Å². The van der Waals surface area contributed by atoms with E-state index in [0.717, 1.165) is 24.5 Å². The Kier molecular flexibility index (Phi) is 3.41. The number of carbonyl (C=O) groups is 1. The number of thiophene rings is 1. The molecule has 0 unspecified atom stereocenters. The summed E-state index contributed by atoms with van der Waals surface area (Å²) in [7, 11) is 2.26. The fourth-order valence-corrected chi connectivity index (χ4v) is 3.46. The van der Waals surface area contributed by atoms with Gasteiger partial charge >= 0.3 is 5.97 Å². The van der Waals surface area contributed by atoms with Crippen molar-refractivity contribution < 1.29 is 17.9 Å². The smallest absolute Gasteiger partial charge is 0.349 e. The molecule has 0 amide bonds. The van der Waals surface area contributed by atoms with Crippen molar-refractivity contribution in [3.8, 4) is 0 Å². The van der Waals surface area contributed by atoms with E-state index >= 15 is 0 Å². The summed E-state index contributed by atoms with van der Waals surface area (Å²) in [5, 5.41) is 0. The lowest BCUT2D eigenvalue weighted by atomic mass is 10.5. The molecule has 0 saturated carbocycles. The normalized spacial score (nSPS) is 11.4. The third kappa shape index (κ3) is 2.38. The highest BCUT2D eigenvalue weighted by atomic mass is 35.7. The van der Waals surface area contributed by atoms with Crippen LogP contribution in [0.5, 0.6) is 0 Å². The number of rotatable bonds is 2. The Labute approximate surface area is 93.8 Å². The molecule has 0 spiro atoms. The van der Waals surface area contributed by atoms with Gasteiger partial charge in [0.1, 0.15) is 9.77 Å². The van der Waals surface area contributed by atoms with Crippen LogP contribution in [0.3, 0.4) is 0 Å². The van der Waals surface area contributed by atoms with Gasteiger partial charge in [-0.25, -0.2) is 13.2 Å². The Morgan fingerprint density at radius 2 is 2.14 bits per heavy atom.